The molecule has 0 saturated heterocycles. The number of hydrogen-bond donors (Lipinski definition) is 1. The molecule has 7 heteroatoms. The van der Waals surface area contributed by atoms with Crippen LogP contribution >= 0.6 is 9.24 Å². The molecule has 4 nitrogen and oxygen atoms in total. The maximum atomic E-state index is 10.5. The zero-order valence-electron chi connectivity index (χ0n) is 6.06. The van der Waals surface area contributed by atoms with Gasteiger partial charge in [-0.2, -0.15) is 8.42 Å². The van der Waals surface area contributed by atoms with E-state index in [1.165, 1.54) is 12.1 Å². The van der Waals surface area contributed by atoms with Crippen LogP contribution in [-0.4, -0.2) is 48.0 Å². The van der Waals surface area contributed by atoms with E-state index < -0.39 is 10.1 Å². The van der Waals surface area contributed by atoms with Crippen LogP contribution in [0.3, 0.4) is 0 Å². The summed E-state index contributed by atoms with van der Waals surface area (Å²) >= 11 is 0. The van der Waals surface area contributed by atoms with Crippen molar-refractivity contribution in [3.8, 4) is 0 Å². The van der Waals surface area contributed by atoms with Gasteiger partial charge in [-0.05, 0) is 17.4 Å². The predicted molar refractivity (Wildman–Crippen MR) is 56.4 cm³/mol. The summed E-state index contributed by atoms with van der Waals surface area (Å²) in [7, 11) is -1.69. The van der Waals surface area contributed by atoms with Crippen LogP contribution in [0.4, 0.5) is 0 Å². The van der Waals surface area contributed by atoms with Gasteiger partial charge in [-0.1, -0.05) is 12.1 Å². The summed E-state index contributed by atoms with van der Waals surface area (Å²) in [4.78, 5) is -0.0787. The van der Waals surface area contributed by atoms with E-state index in [0.717, 1.165) is 5.30 Å². The van der Waals surface area contributed by atoms with Gasteiger partial charge in [-0.15, -0.1) is 9.24 Å². The van der Waals surface area contributed by atoms with Crippen molar-refractivity contribution in [1.29, 1.82) is 0 Å². The molecule has 13 heavy (non-hydrogen) atoms. The topological polar surface area (TPSA) is 85.9 Å². The van der Waals surface area contributed by atoms with E-state index in [4.69, 9.17) is 4.55 Å². The monoisotopic (exact) mass is 232 g/mol. The van der Waals surface area contributed by atoms with Gasteiger partial charge in [-0.3, -0.25) is 4.55 Å². The molecule has 0 amide bonds. The molecule has 0 aliphatic heterocycles. The molecule has 0 spiro atoms. The molecule has 1 aromatic rings. The van der Waals surface area contributed by atoms with Crippen LogP contribution in [-0.2, 0) is 10.1 Å². The van der Waals surface area contributed by atoms with Crippen LogP contribution in [0.2, 0.25) is 0 Å². The van der Waals surface area contributed by atoms with E-state index in [0.29, 0.717) is 0 Å². The molecule has 0 aliphatic carbocycles. The Labute approximate surface area is 101 Å². The molecule has 0 aromatic heterocycles. The van der Waals surface area contributed by atoms with Crippen LogP contribution in [0.5, 0.6) is 0 Å². The normalized spacial score (nSPS) is 9.69. The first-order valence-corrected chi connectivity index (χ1v) is 4.85. The molecule has 3 N–H and O–H groups in total. The van der Waals surface area contributed by atoms with Gasteiger partial charge in [-0.25, -0.2) is 0 Å². The van der Waals surface area contributed by atoms with E-state index in [9.17, 15) is 8.42 Å². The molecule has 1 atom stereocenters. The summed E-state index contributed by atoms with van der Waals surface area (Å²) < 4.78 is 29.6. The molecular formula is C6H10NaO4PS. The average molecular weight is 232 g/mol. The molecule has 1 rings (SSSR count). The Morgan fingerprint density at radius 3 is 2.15 bits per heavy atom. The van der Waals surface area contributed by atoms with Crippen molar-refractivity contribution in [1.82, 2.24) is 0 Å². The number of hydrogen-bond acceptors (Lipinski definition) is 2. The second kappa shape index (κ2) is 6.09. The van der Waals surface area contributed by atoms with Gasteiger partial charge in [0.05, 0.1) is 4.90 Å². The predicted octanol–water partition coefficient (Wildman–Crippen LogP) is -1.04. The third kappa shape index (κ3) is 5.08. The summed E-state index contributed by atoms with van der Waals surface area (Å²) in [6.07, 6.45) is 0. The van der Waals surface area contributed by atoms with Gasteiger partial charge >= 0.3 is 29.6 Å². The fourth-order valence-electron chi connectivity index (χ4n) is 0.675. The van der Waals surface area contributed by atoms with Crippen molar-refractivity contribution in [2.24, 2.45) is 0 Å². The fourth-order valence-corrected chi connectivity index (χ4v) is 1.62. The van der Waals surface area contributed by atoms with E-state index in [2.05, 4.69) is 9.24 Å². The summed E-state index contributed by atoms with van der Waals surface area (Å²) in [6, 6.07) is 5.99. The Morgan fingerprint density at radius 2 is 1.85 bits per heavy atom. The van der Waals surface area contributed by atoms with Gasteiger partial charge in [0.2, 0.25) is 0 Å². The van der Waals surface area contributed by atoms with Crippen molar-refractivity contribution < 1.29 is 18.4 Å². The quantitative estimate of drug-likeness (QED) is 0.381. The van der Waals surface area contributed by atoms with Crippen LogP contribution in [0.15, 0.2) is 29.2 Å². The van der Waals surface area contributed by atoms with Crippen molar-refractivity contribution in [2.75, 3.05) is 0 Å². The number of rotatable bonds is 1. The van der Waals surface area contributed by atoms with Crippen molar-refractivity contribution in [3.05, 3.63) is 24.3 Å². The summed E-state index contributed by atoms with van der Waals surface area (Å²) in [5.74, 6) is 0. The third-order valence-electron chi connectivity index (χ3n) is 1.16. The van der Waals surface area contributed by atoms with Crippen LogP contribution < -0.4 is 5.30 Å². The molecular weight excluding hydrogens is 222 g/mol. The Morgan fingerprint density at radius 1 is 1.31 bits per heavy atom. The zero-order valence-corrected chi connectivity index (χ0v) is 8.03. The van der Waals surface area contributed by atoms with E-state index >= 15 is 0 Å². The second-order valence-corrected chi connectivity index (χ2v) is 4.14. The zero-order chi connectivity index (χ0) is 8.48. The molecule has 0 bridgehead atoms. The second-order valence-electron chi connectivity index (χ2n) is 2.05. The fraction of sp³-hybridized carbons (Fsp3) is 0. The molecule has 0 heterocycles. The van der Waals surface area contributed by atoms with Gasteiger partial charge in [0.25, 0.3) is 10.1 Å². The molecule has 0 saturated carbocycles. The SMILES string of the molecule is O.O=S(=O)(O)c1cccc(P)c1.[NaH]. The third-order valence-corrected chi connectivity index (χ3v) is 2.36. The van der Waals surface area contributed by atoms with Gasteiger partial charge in [0, 0.05) is 0 Å². The van der Waals surface area contributed by atoms with Crippen molar-refractivity contribution in [3.63, 3.8) is 0 Å². The first-order valence-electron chi connectivity index (χ1n) is 2.83. The van der Waals surface area contributed by atoms with Crippen molar-refractivity contribution >= 4 is 54.2 Å². The molecule has 1 aromatic carbocycles. The maximum absolute atomic E-state index is 10.5. The van der Waals surface area contributed by atoms with Crippen LogP contribution in [0, 0.1) is 0 Å². The van der Waals surface area contributed by atoms with E-state index in [1.54, 1.807) is 12.1 Å². The molecule has 0 aliphatic rings. The van der Waals surface area contributed by atoms with E-state index in [1.807, 2.05) is 0 Å². The summed E-state index contributed by atoms with van der Waals surface area (Å²) in [6.45, 7) is 0. The minimum atomic E-state index is -4.04. The minimum absolute atomic E-state index is 0. The van der Waals surface area contributed by atoms with Gasteiger partial charge < -0.3 is 5.48 Å². The Hall–Kier alpha value is 0.520. The van der Waals surface area contributed by atoms with Crippen LogP contribution in [0.1, 0.15) is 0 Å². The Balaban J connectivity index is 0. The first kappa shape index (κ1) is 16.0. The summed E-state index contributed by atoms with van der Waals surface area (Å²) in [5.41, 5.74) is 0. The average Bonchev–Trinajstić information content (AvgIpc) is 1.86. The standard InChI is InChI=1S/C6H7O3PS.Na.H2O.H/c7-11(8,9)6-3-1-2-5(10)4-6;;;/h1-4H,10H2,(H,7,8,9);;1H2;. The van der Waals surface area contributed by atoms with Crippen molar-refractivity contribution in [2.45, 2.75) is 4.90 Å². The van der Waals surface area contributed by atoms with Gasteiger partial charge in [0.15, 0.2) is 0 Å². The first-order chi connectivity index (χ1) is 5.00. The molecule has 0 radical (unpaired) electrons. The molecule has 70 valence electrons. The van der Waals surface area contributed by atoms with Crippen LogP contribution in [0.25, 0.3) is 0 Å². The van der Waals surface area contributed by atoms with E-state index in [-0.39, 0.29) is 39.9 Å². The summed E-state index contributed by atoms with van der Waals surface area (Å²) in [5, 5.41) is 0.722. The Kier molecular flexibility index (Phi) is 7.48. The molecule has 1 unspecified atom stereocenters. The molecule has 0 fully saturated rings. The Bertz CT molecular complexity index is 365. The van der Waals surface area contributed by atoms with Gasteiger partial charge in [0.1, 0.15) is 0 Å². The number of benzene rings is 1.